The fourth-order valence-corrected chi connectivity index (χ4v) is 5.26. The molecule has 0 bridgehead atoms. The van der Waals surface area contributed by atoms with Crippen LogP contribution in [0.2, 0.25) is 0 Å². The zero-order valence-corrected chi connectivity index (χ0v) is 20.4. The molecule has 1 aliphatic rings. The van der Waals surface area contributed by atoms with Crippen molar-refractivity contribution >= 4 is 40.4 Å². The van der Waals surface area contributed by atoms with Gasteiger partial charge in [0.25, 0.3) is 0 Å². The summed E-state index contributed by atoms with van der Waals surface area (Å²) in [7, 11) is 0. The maximum absolute atomic E-state index is 12.7. The summed E-state index contributed by atoms with van der Waals surface area (Å²) in [5.41, 5.74) is 5.28. The van der Waals surface area contributed by atoms with Gasteiger partial charge in [0.15, 0.2) is 5.75 Å². The molecule has 0 heterocycles. The molecule has 2 aromatic carbocycles. The first kappa shape index (κ1) is 23.7. The summed E-state index contributed by atoms with van der Waals surface area (Å²) in [5.74, 6) is 0.846. The second kappa shape index (κ2) is 8.86. The van der Waals surface area contributed by atoms with E-state index in [4.69, 9.17) is 20.5 Å². The predicted molar refractivity (Wildman–Crippen MR) is 128 cm³/mol. The molecule has 1 aliphatic carbocycles. The van der Waals surface area contributed by atoms with Crippen molar-refractivity contribution in [2.24, 2.45) is 16.6 Å². The lowest BCUT2D eigenvalue weighted by Crippen LogP contribution is -2.75. The first-order valence-corrected chi connectivity index (χ1v) is 11.0. The van der Waals surface area contributed by atoms with E-state index in [0.29, 0.717) is 17.0 Å². The van der Waals surface area contributed by atoms with E-state index in [1.54, 1.807) is 36.4 Å². The van der Waals surface area contributed by atoms with Crippen molar-refractivity contribution < 1.29 is 19.1 Å². The van der Waals surface area contributed by atoms with E-state index in [2.05, 4.69) is 39.3 Å². The quantitative estimate of drug-likeness (QED) is 0.470. The summed E-state index contributed by atoms with van der Waals surface area (Å²) >= 11 is 2.11. The lowest BCUT2D eigenvalue weighted by atomic mass is 9.49. The number of amides is 3. The van der Waals surface area contributed by atoms with E-state index < -0.39 is 12.1 Å². The van der Waals surface area contributed by atoms with Gasteiger partial charge in [-0.2, -0.15) is 5.26 Å². The van der Waals surface area contributed by atoms with Crippen molar-refractivity contribution in [3.8, 4) is 17.6 Å². The van der Waals surface area contributed by atoms with Crippen LogP contribution in [0.4, 0.5) is 15.3 Å². The lowest BCUT2D eigenvalue weighted by Gasteiger charge is -2.63. The molecule has 0 radical (unpaired) electrons. The van der Waals surface area contributed by atoms with Gasteiger partial charge in [-0.3, -0.25) is 0 Å². The zero-order valence-electron chi connectivity index (χ0n) is 18.2. The summed E-state index contributed by atoms with van der Waals surface area (Å²) in [6.45, 7) is 8.14. The summed E-state index contributed by atoms with van der Waals surface area (Å²) in [4.78, 5) is 23.8. The van der Waals surface area contributed by atoms with Gasteiger partial charge in [-0.05, 0) is 52.9 Å². The fourth-order valence-electron chi connectivity index (χ4n) is 4.65. The lowest BCUT2D eigenvalue weighted by molar-refractivity contribution is -0.163. The summed E-state index contributed by atoms with van der Waals surface area (Å²) in [5, 5.41) is 14.9. The van der Waals surface area contributed by atoms with Gasteiger partial charge in [-0.25, -0.2) is 9.59 Å². The first-order chi connectivity index (χ1) is 15.0. The van der Waals surface area contributed by atoms with Crippen LogP contribution in [-0.4, -0.2) is 24.3 Å². The highest BCUT2D eigenvalue weighted by atomic mass is 127. The van der Waals surface area contributed by atoms with Gasteiger partial charge in [0.1, 0.15) is 17.9 Å². The second-order valence-electron chi connectivity index (χ2n) is 8.84. The van der Waals surface area contributed by atoms with E-state index >= 15 is 0 Å². The molecule has 9 heteroatoms. The first-order valence-electron chi connectivity index (χ1n) is 9.97. The van der Waals surface area contributed by atoms with Crippen LogP contribution in [-0.2, 0) is 0 Å². The highest BCUT2D eigenvalue weighted by molar-refractivity contribution is 14.1. The molecule has 0 spiro atoms. The van der Waals surface area contributed by atoms with Crippen LogP contribution >= 0.6 is 22.6 Å². The molecule has 0 saturated heterocycles. The monoisotopic (exact) mass is 548 g/mol. The van der Waals surface area contributed by atoms with Crippen molar-refractivity contribution in [2.75, 3.05) is 5.32 Å². The van der Waals surface area contributed by atoms with Crippen LogP contribution in [0.3, 0.4) is 0 Å². The number of benzene rings is 2. The number of anilines is 1. The molecule has 0 aromatic heterocycles. The number of rotatable bonds is 5. The average Bonchev–Trinajstić information content (AvgIpc) is 2.71. The minimum Gasteiger partial charge on any atom is -0.489 e. The molecule has 0 unspecified atom stereocenters. The van der Waals surface area contributed by atoms with Crippen LogP contribution < -0.4 is 25.8 Å². The molecule has 8 nitrogen and oxygen atoms in total. The third kappa shape index (κ3) is 4.60. The highest BCUT2D eigenvalue weighted by Crippen LogP contribution is 2.55. The Morgan fingerprint density at radius 2 is 1.78 bits per heavy atom. The number of primary amides is 1. The van der Waals surface area contributed by atoms with Crippen molar-refractivity contribution in [1.29, 1.82) is 5.26 Å². The number of hydrogen-bond acceptors (Lipinski definition) is 5. The topological polar surface area (TPSA) is 126 Å². The Labute approximate surface area is 200 Å². The van der Waals surface area contributed by atoms with Crippen molar-refractivity contribution in [3.63, 3.8) is 0 Å². The smallest absolute Gasteiger partial charge is 0.410 e. The molecule has 3 amide bonds. The summed E-state index contributed by atoms with van der Waals surface area (Å²) < 4.78 is 12.1. The van der Waals surface area contributed by atoms with E-state index in [9.17, 15) is 9.59 Å². The standard InChI is InChI=1S/C23H25IN4O4/c1-22(2)18(28-21(30)27-16-7-5-6-8-17(16)32-20(26)29)23(3,4)19(22)31-14-10-9-13(12-25)15(24)11-14/h5-11,18-19H,1-4H3,(H2,26,29)(H2,27,28,30)/t18-,19-. The number of para-hydroxylation sites is 2. The van der Waals surface area contributed by atoms with Gasteiger partial charge < -0.3 is 25.8 Å². The van der Waals surface area contributed by atoms with Crippen LogP contribution in [0.5, 0.6) is 11.5 Å². The van der Waals surface area contributed by atoms with Crippen molar-refractivity contribution in [2.45, 2.75) is 39.8 Å². The molecule has 32 heavy (non-hydrogen) atoms. The molecule has 168 valence electrons. The maximum atomic E-state index is 12.7. The van der Waals surface area contributed by atoms with Gasteiger partial charge in [0.05, 0.1) is 11.3 Å². The highest BCUT2D eigenvalue weighted by Gasteiger charge is 2.64. The molecule has 3 rings (SSSR count). The Balaban J connectivity index is 1.71. The molecule has 0 aliphatic heterocycles. The Kier molecular flexibility index (Phi) is 6.55. The number of halogens is 1. The van der Waals surface area contributed by atoms with Crippen LogP contribution in [0.25, 0.3) is 0 Å². The van der Waals surface area contributed by atoms with Gasteiger partial charge >= 0.3 is 12.1 Å². The number of hydrogen-bond donors (Lipinski definition) is 3. The Morgan fingerprint density at radius 3 is 2.38 bits per heavy atom. The van der Waals surface area contributed by atoms with E-state index in [-0.39, 0.29) is 28.7 Å². The van der Waals surface area contributed by atoms with Crippen LogP contribution in [0.1, 0.15) is 33.3 Å². The van der Waals surface area contributed by atoms with E-state index in [1.165, 1.54) is 0 Å². The number of urea groups is 1. The van der Waals surface area contributed by atoms with E-state index in [0.717, 1.165) is 3.57 Å². The molecule has 4 N–H and O–H groups in total. The normalized spacial score (nSPS) is 20.2. The van der Waals surface area contributed by atoms with Gasteiger partial charge in [-0.1, -0.05) is 39.8 Å². The van der Waals surface area contributed by atoms with Gasteiger partial charge in [0, 0.05) is 20.4 Å². The van der Waals surface area contributed by atoms with E-state index in [1.807, 2.05) is 33.8 Å². The molecule has 0 atom stereocenters. The van der Waals surface area contributed by atoms with Gasteiger partial charge in [-0.15, -0.1) is 0 Å². The fraction of sp³-hybridized carbons (Fsp3) is 0.348. The Hall–Kier alpha value is -3.00. The number of ether oxygens (including phenoxy) is 2. The second-order valence-corrected chi connectivity index (χ2v) is 10.0. The Morgan fingerprint density at radius 1 is 1.12 bits per heavy atom. The van der Waals surface area contributed by atoms with Crippen LogP contribution in [0.15, 0.2) is 42.5 Å². The number of carbonyl (C=O) groups excluding carboxylic acids is 2. The molecular formula is C23H25IN4O4. The summed E-state index contributed by atoms with van der Waals surface area (Å²) in [6.07, 6.45) is -1.13. The number of carbonyl (C=O) groups is 2. The number of nitrogens with one attached hydrogen (secondary N) is 2. The maximum Gasteiger partial charge on any atom is 0.410 e. The molecule has 1 fully saturated rings. The predicted octanol–water partition coefficient (Wildman–Crippen LogP) is 4.62. The van der Waals surface area contributed by atoms with Crippen molar-refractivity contribution in [3.05, 3.63) is 51.6 Å². The largest absolute Gasteiger partial charge is 0.489 e. The number of nitriles is 1. The molecule has 1 saturated carbocycles. The SMILES string of the molecule is CC1(C)[C@H](NC(=O)Nc2ccccc2OC(N)=O)C(C)(C)[C@H]1Oc1ccc(C#N)c(I)c1. The van der Waals surface area contributed by atoms with Crippen molar-refractivity contribution in [1.82, 2.24) is 5.32 Å². The van der Waals surface area contributed by atoms with Crippen LogP contribution in [0, 0.1) is 25.7 Å². The Bertz CT molecular complexity index is 1080. The van der Waals surface area contributed by atoms with Gasteiger partial charge in [0.2, 0.25) is 0 Å². The molecule has 2 aromatic rings. The number of nitrogens with zero attached hydrogens (tertiary/aromatic N) is 1. The summed E-state index contributed by atoms with van der Waals surface area (Å²) in [6, 6.07) is 13.4. The zero-order chi connectivity index (χ0) is 23.7. The third-order valence-corrected chi connectivity index (χ3v) is 6.67. The average molecular weight is 548 g/mol. The third-order valence-electron chi connectivity index (χ3n) is 5.78. The minimum atomic E-state index is -0.960. The number of nitrogens with two attached hydrogens (primary N) is 1. The minimum absolute atomic E-state index is 0.166. The molecular weight excluding hydrogens is 523 g/mol.